The predicted octanol–water partition coefficient (Wildman–Crippen LogP) is 3.61. The van der Waals surface area contributed by atoms with Crippen LogP contribution < -0.4 is 24.3 Å². The third-order valence-corrected chi connectivity index (χ3v) is 9.60. The molecule has 11 nitrogen and oxygen atoms in total. The summed E-state index contributed by atoms with van der Waals surface area (Å²) in [7, 11) is 3.55. The number of rotatable bonds is 6. The van der Waals surface area contributed by atoms with E-state index < -0.39 is 18.1 Å². The fourth-order valence-electron chi connectivity index (χ4n) is 7.96. The molecule has 0 aromatic heterocycles. The Bertz CT molecular complexity index is 1580. The van der Waals surface area contributed by atoms with Crippen LogP contribution in [0.2, 0.25) is 0 Å². The van der Waals surface area contributed by atoms with Gasteiger partial charge in [-0.3, -0.25) is 19.4 Å². The number of piperazine rings is 1. The summed E-state index contributed by atoms with van der Waals surface area (Å²) in [4.78, 5) is 29.8. The third-order valence-electron chi connectivity index (χ3n) is 9.60. The van der Waals surface area contributed by atoms with Crippen molar-refractivity contribution in [2.45, 2.75) is 84.1 Å². The Morgan fingerprint density at radius 2 is 1.89 bits per heavy atom. The van der Waals surface area contributed by atoms with E-state index in [2.05, 4.69) is 27.3 Å². The van der Waals surface area contributed by atoms with Crippen LogP contribution in [-0.4, -0.2) is 72.4 Å². The molecule has 1 saturated heterocycles. The number of amides is 1. The van der Waals surface area contributed by atoms with Gasteiger partial charge in [0.2, 0.25) is 12.7 Å². The van der Waals surface area contributed by atoms with Gasteiger partial charge in [-0.05, 0) is 50.8 Å². The quantitative estimate of drug-likeness (QED) is 0.372. The smallest absolute Gasteiger partial charge is 0.308 e. The van der Waals surface area contributed by atoms with Crippen LogP contribution in [0.1, 0.15) is 72.7 Å². The highest BCUT2D eigenvalue weighted by molar-refractivity contribution is 5.77. The number of phenols is 1. The van der Waals surface area contributed by atoms with Gasteiger partial charge in [0.1, 0.15) is 11.8 Å². The van der Waals surface area contributed by atoms with Gasteiger partial charge in [-0.25, -0.2) is 0 Å². The van der Waals surface area contributed by atoms with Crippen LogP contribution in [0.3, 0.4) is 0 Å². The predicted molar refractivity (Wildman–Crippen MR) is 160 cm³/mol. The van der Waals surface area contributed by atoms with Gasteiger partial charge in [-0.2, -0.15) is 5.26 Å². The first-order chi connectivity index (χ1) is 21.0. The van der Waals surface area contributed by atoms with E-state index in [1.54, 1.807) is 7.11 Å². The first-order valence-electron chi connectivity index (χ1n) is 15.2. The van der Waals surface area contributed by atoms with E-state index in [-0.39, 0.29) is 49.0 Å². The minimum Gasteiger partial charge on any atom is -0.504 e. The van der Waals surface area contributed by atoms with Crippen molar-refractivity contribution in [3.05, 3.63) is 39.4 Å². The number of aryl methyl sites for hydroxylation is 1. The SMILES string of the molecule is COc1c(C)cc2c(c1O)C1C3Cc4c(OC(C)=O)c(C)c5c(c4[C@H](CNC(=O)CC(C)C)N3[C@@H](C#N)C(C2)N1C)OCO5. The second kappa shape index (κ2) is 11.2. The molecular formula is C33H40N4O7. The number of hydrogen-bond donors (Lipinski definition) is 2. The number of ether oxygens (including phenoxy) is 4. The number of nitrogens with zero attached hydrogens (tertiary/aromatic N) is 3. The lowest BCUT2D eigenvalue weighted by atomic mass is 9.71. The fourth-order valence-corrected chi connectivity index (χ4v) is 7.96. The lowest BCUT2D eigenvalue weighted by molar-refractivity contribution is -0.132. The van der Waals surface area contributed by atoms with Gasteiger partial charge >= 0.3 is 5.97 Å². The number of hydrogen-bond acceptors (Lipinski definition) is 10. The molecule has 2 N–H and O–H groups in total. The second-order valence-corrected chi connectivity index (χ2v) is 12.7. The Kier molecular flexibility index (Phi) is 7.62. The zero-order chi connectivity index (χ0) is 31.6. The zero-order valence-corrected chi connectivity index (χ0v) is 26.3. The van der Waals surface area contributed by atoms with Crippen molar-refractivity contribution >= 4 is 11.9 Å². The molecule has 4 heterocycles. The minimum absolute atomic E-state index is 0.0120. The average molecular weight is 605 g/mol. The number of fused-ring (bicyclic) bond motifs is 9. The van der Waals surface area contributed by atoms with Crippen molar-refractivity contribution < 1.29 is 33.6 Å². The van der Waals surface area contributed by atoms with Gasteiger partial charge in [-0.15, -0.1) is 0 Å². The van der Waals surface area contributed by atoms with E-state index in [1.807, 2.05) is 34.7 Å². The molecule has 4 aliphatic heterocycles. The third kappa shape index (κ3) is 4.54. The van der Waals surface area contributed by atoms with Gasteiger partial charge in [0, 0.05) is 54.2 Å². The molecule has 3 unspecified atom stereocenters. The topological polar surface area (TPSA) is 134 Å². The molecule has 1 amide bonds. The molecule has 2 bridgehead atoms. The molecule has 44 heavy (non-hydrogen) atoms. The van der Waals surface area contributed by atoms with Gasteiger partial charge in [0.05, 0.1) is 25.3 Å². The number of carbonyl (C=O) groups is 2. The normalized spacial score (nSPS) is 25.0. The first kappa shape index (κ1) is 30.0. The summed E-state index contributed by atoms with van der Waals surface area (Å²) < 4.78 is 23.5. The molecule has 2 aromatic rings. The van der Waals surface area contributed by atoms with Gasteiger partial charge in [0.25, 0.3) is 0 Å². The molecule has 1 fully saturated rings. The molecular weight excluding hydrogens is 564 g/mol. The largest absolute Gasteiger partial charge is 0.504 e. The van der Waals surface area contributed by atoms with Crippen molar-refractivity contribution in [1.29, 1.82) is 5.26 Å². The Balaban J connectivity index is 1.59. The summed E-state index contributed by atoms with van der Waals surface area (Å²) >= 11 is 0. The zero-order valence-electron chi connectivity index (χ0n) is 26.3. The number of carbonyl (C=O) groups excluding carboxylic acids is 2. The number of nitriles is 1. The lowest BCUT2D eigenvalue weighted by Crippen LogP contribution is -2.68. The lowest BCUT2D eigenvalue weighted by Gasteiger charge is -2.60. The monoisotopic (exact) mass is 604 g/mol. The van der Waals surface area contributed by atoms with E-state index in [4.69, 9.17) is 18.9 Å². The van der Waals surface area contributed by atoms with Gasteiger partial charge in [0.15, 0.2) is 23.0 Å². The van der Waals surface area contributed by atoms with Crippen LogP contribution in [0.4, 0.5) is 0 Å². The Labute approximate surface area is 257 Å². The first-order valence-corrected chi connectivity index (χ1v) is 15.2. The number of methoxy groups -OCH3 is 1. The molecule has 4 aliphatic rings. The summed E-state index contributed by atoms with van der Waals surface area (Å²) in [6.45, 7) is 9.32. The number of esters is 1. The molecule has 0 radical (unpaired) electrons. The molecule has 6 rings (SSSR count). The summed E-state index contributed by atoms with van der Waals surface area (Å²) in [6, 6.07) is 2.79. The van der Waals surface area contributed by atoms with Crippen molar-refractivity contribution in [2.75, 3.05) is 27.5 Å². The van der Waals surface area contributed by atoms with Crippen LogP contribution >= 0.6 is 0 Å². The van der Waals surface area contributed by atoms with Crippen molar-refractivity contribution in [3.63, 3.8) is 0 Å². The molecule has 234 valence electrons. The molecule has 0 aliphatic carbocycles. The Hall–Kier alpha value is -4.01. The fraction of sp³-hybridized carbons (Fsp3) is 0.545. The number of phenolic OH excluding ortho intramolecular Hbond substituents is 1. The number of likely N-dealkylation sites (N-methyl/N-ethyl adjacent to an activating group) is 1. The Morgan fingerprint density at radius 1 is 1.16 bits per heavy atom. The van der Waals surface area contributed by atoms with E-state index in [0.717, 1.165) is 27.8 Å². The van der Waals surface area contributed by atoms with Crippen LogP contribution in [0, 0.1) is 31.1 Å². The summed E-state index contributed by atoms with van der Waals surface area (Å²) in [5.74, 6) is 1.62. The second-order valence-electron chi connectivity index (χ2n) is 12.7. The van der Waals surface area contributed by atoms with Crippen molar-refractivity contribution in [2.24, 2.45) is 5.92 Å². The van der Waals surface area contributed by atoms with Crippen LogP contribution in [0.25, 0.3) is 0 Å². The molecule has 5 atom stereocenters. The van der Waals surface area contributed by atoms with E-state index >= 15 is 0 Å². The van der Waals surface area contributed by atoms with E-state index in [0.29, 0.717) is 47.8 Å². The highest BCUT2D eigenvalue weighted by Crippen LogP contribution is 2.58. The number of aromatic hydroxyl groups is 1. The molecule has 0 spiro atoms. The highest BCUT2D eigenvalue weighted by atomic mass is 16.7. The maximum atomic E-state index is 13.0. The molecule has 0 saturated carbocycles. The van der Waals surface area contributed by atoms with Crippen molar-refractivity contribution in [1.82, 2.24) is 15.1 Å². The van der Waals surface area contributed by atoms with Crippen LogP contribution in [-0.2, 0) is 22.4 Å². The summed E-state index contributed by atoms with van der Waals surface area (Å²) in [5, 5.41) is 25.5. The number of benzene rings is 2. The van der Waals surface area contributed by atoms with Crippen molar-refractivity contribution in [3.8, 4) is 34.8 Å². The summed E-state index contributed by atoms with van der Waals surface area (Å²) in [6.07, 6.45) is 1.33. The molecule has 2 aromatic carbocycles. The Morgan fingerprint density at radius 3 is 2.55 bits per heavy atom. The van der Waals surface area contributed by atoms with Crippen LogP contribution in [0.15, 0.2) is 6.07 Å². The summed E-state index contributed by atoms with van der Waals surface area (Å²) in [5.41, 5.74) is 4.79. The van der Waals surface area contributed by atoms with Gasteiger partial charge in [-0.1, -0.05) is 19.9 Å². The van der Waals surface area contributed by atoms with Gasteiger partial charge < -0.3 is 29.4 Å². The highest BCUT2D eigenvalue weighted by Gasteiger charge is 2.56. The van der Waals surface area contributed by atoms with Crippen LogP contribution in [0.5, 0.6) is 28.7 Å². The standard InChI is InChI=1S/C33H40N4O7/c1-15(2)8-25(39)35-13-24-27-20(31(44-18(5)38)17(4)32-33(27)43-14-42-32)11-22-28-26-19(9-16(3)30(41-7)29(26)40)10-21(36(28)6)23(12-34)37(22)24/h9,15,21-24,28,40H,8,10-11,13-14H2,1-7H3,(H,35,39)/t21?,22?,23-,24-,28?/m0/s1. The van der Waals surface area contributed by atoms with E-state index in [1.165, 1.54) is 6.92 Å². The molecule has 11 heteroatoms. The maximum Gasteiger partial charge on any atom is 0.308 e. The minimum atomic E-state index is -0.546. The average Bonchev–Trinajstić information content (AvgIpc) is 3.44. The number of nitrogens with one attached hydrogen (secondary N) is 1. The maximum absolute atomic E-state index is 13.0. The van der Waals surface area contributed by atoms with E-state index in [9.17, 15) is 20.0 Å².